The Morgan fingerprint density at radius 2 is 1.95 bits per heavy atom. The minimum Gasteiger partial charge on any atom is -0.335 e. The van der Waals surface area contributed by atoms with Crippen LogP contribution in [0, 0.1) is 0 Å². The van der Waals surface area contributed by atoms with E-state index in [1.807, 2.05) is 29.9 Å². The fourth-order valence-electron chi connectivity index (χ4n) is 2.48. The van der Waals surface area contributed by atoms with E-state index in [1.54, 1.807) is 12.4 Å². The number of nitrogens with two attached hydrogens (primary N) is 1. The normalized spacial score (nSPS) is 11.2. The van der Waals surface area contributed by atoms with E-state index in [1.165, 1.54) is 0 Å². The lowest BCUT2D eigenvalue weighted by atomic mass is 10.1. The van der Waals surface area contributed by atoms with E-state index >= 15 is 0 Å². The molecule has 0 aromatic carbocycles. The highest BCUT2D eigenvalue weighted by atomic mass is 15.0. The molecule has 3 rings (SSSR count). The Bertz CT molecular complexity index is 746. The van der Waals surface area contributed by atoms with Crippen LogP contribution in [0.1, 0.15) is 18.2 Å². The van der Waals surface area contributed by atoms with Gasteiger partial charge in [-0.15, -0.1) is 0 Å². The van der Waals surface area contributed by atoms with E-state index in [-0.39, 0.29) is 0 Å². The number of aromatic nitrogens is 4. The molecule has 0 aliphatic carbocycles. The highest BCUT2D eigenvalue weighted by molar-refractivity contribution is 5.84. The first kappa shape index (κ1) is 12.7. The monoisotopic (exact) mass is 267 g/mol. The van der Waals surface area contributed by atoms with Gasteiger partial charge in [0, 0.05) is 43.1 Å². The summed E-state index contributed by atoms with van der Waals surface area (Å²) < 4.78 is 2.02. The fraction of sp³-hybridized carbons (Fsp3) is 0.267. The zero-order valence-electron chi connectivity index (χ0n) is 11.7. The number of fused-ring (bicyclic) bond motifs is 1. The van der Waals surface area contributed by atoms with Crippen LogP contribution in [0.3, 0.4) is 0 Å². The van der Waals surface area contributed by atoms with Gasteiger partial charge in [-0.3, -0.25) is 4.98 Å². The van der Waals surface area contributed by atoms with Crippen molar-refractivity contribution >= 4 is 11.0 Å². The molecule has 0 saturated carbocycles. The molecular weight excluding hydrogens is 250 g/mol. The molecule has 0 atom stereocenters. The van der Waals surface area contributed by atoms with Crippen LogP contribution in [0.5, 0.6) is 0 Å². The second kappa shape index (κ2) is 5.02. The maximum Gasteiger partial charge on any atom is 0.161 e. The summed E-state index contributed by atoms with van der Waals surface area (Å²) in [6.45, 7) is 2.60. The lowest BCUT2D eigenvalue weighted by Crippen LogP contribution is -2.00. The van der Waals surface area contributed by atoms with E-state index in [0.717, 1.165) is 40.1 Å². The molecule has 0 fully saturated rings. The molecule has 5 nitrogen and oxygen atoms in total. The number of rotatable bonds is 3. The first-order chi connectivity index (χ1) is 9.74. The topological polar surface area (TPSA) is 69.6 Å². The largest absolute Gasteiger partial charge is 0.335 e. The molecule has 3 aromatic rings. The summed E-state index contributed by atoms with van der Waals surface area (Å²) in [5.41, 5.74) is 9.88. The summed E-state index contributed by atoms with van der Waals surface area (Å²) in [4.78, 5) is 13.4. The Kier molecular flexibility index (Phi) is 3.20. The van der Waals surface area contributed by atoms with E-state index in [2.05, 4.69) is 11.9 Å². The van der Waals surface area contributed by atoms with Crippen molar-refractivity contribution in [2.75, 3.05) is 0 Å². The molecule has 0 spiro atoms. The Labute approximate surface area is 117 Å². The molecule has 0 radical (unpaired) electrons. The smallest absolute Gasteiger partial charge is 0.161 e. The Balaban J connectivity index is 2.30. The second-order valence-corrected chi connectivity index (χ2v) is 4.75. The summed E-state index contributed by atoms with van der Waals surface area (Å²) >= 11 is 0. The predicted molar refractivity (Wildman–Crippen MR) is 79.0 cm³/mol. The van der Waals surface area contributed by atoms with Crippen LogP contribution < -0.4 is 5.73 Å². The third-order valence-electron chi connectivity index (χ3n) is 3.46. The number of pyridine rings is 1. The van der Waals surface area contributed by atoms with Crippen molar-refractivity contribution in [2.45, 2.75) is 19.9 Å². The van der Waals surface area contributed by atoms with Crippen molar-refractivity contribution in [3.05, 3.63) is 42.0 Å². The van der Waals surface area contributed by atoms with E-state index in [4.69, 9.17) is 15.7 Å². The first-order valence-electron chi connectivity index (χ1n) is 6.69. The Hall–Kier alpha value is -2.27. The molecule has 3 heterocycles. The minimum absolute atomic E-state index is 0.502. The first-order valence-corrected chi connectivity index (χ1v) is 6.69. The van der Waals surface area contributed by atoms with Crippen LogP contribution in [0.4, 0.5) is 0 Å². The van der Waals surface area contributed by atoms with Crippen molar-refractivity contribution in [3.63, 3.8) is 0 Å². The van der Waals surface area contributed by atoms with Gasteiger partial charge in [-0.2, -0.15) is 0 Å². The highest BCUT2D eigenvalue weighted by Crippen LogP contribution is 2.25. The number of hydrogen-bond acceptors (Lipinski definition) is 4. The Morgan fingerprint density at radius 1 is 1.20 bits per heavy atom. The van der Waals surface area contributed by atoms with Crippen LogP contribution in [-0.2, 0) is 20.0 Å². The summed E-state index contributed by atoms with van der Waals surface area (Å²) in [5.74, 6) is 0.738. The van der Waals surface area contributed by atoms with Gasteiger partial charge in [0.25, 0.3) is 0 Å². The lowest BCUT2D eigenvalue weighted by Gasteiger charge is -2.06. The number of aryl methyl sites for hydroxylation is 2. The number of nitrogens with zero attached hydrogens (tertiary/aromatic N) is 4. The van der Waals surface area contributed by atoms with Crippen LogP contribution in [0.15, 0.2) is 30.7 Å². The van der Waals surface area contributed by atoms with Gasteiger partial charge in [0.2, 0.25) is 0 Å². The summed E-state index contributed by atoms with van der Waals surface area (Å²) in [6, 6.07) is 3.85. The molecule has 0 bridgehead atoms. The fourth-order valence-corrected chi connectivity index (χ4v) is 2.48. The van der Waals surface area contributed by atoms with Crippen LogP contribution in [-0.4, -0.2) is 19.5 Å². The molecule has 3 aromatic heterocycles. The SMILES string of the molecule is CCc1nc(-c2ccncc2)nc2c1c(CN)cn2C. The van der Waals surface area contributed by atoms with Crippen molar-refractivity contribution in [1.82, 2.24) is 19.5 Å². The average Bonchev–Trinajstić information content (AvgIpc) is 2.84. The lowest BCUT2D eigenvalue weighted by molar-refractivity contribution is 0.928. The molecule has 0 aliphatic heterocycles. The second-order valence-electron chi connectivity index (χ2n) is 4.75. The van der Waals surface area contributed by atoms with Gasteiger partial charge < -0.3 is 10.3 Å². The van der Waals surface area contributed by atoms with Gasteiger partial charge in [-0.1, -0.05) is 6.92 Å². The van der Waals surface area contributed by atoms with Gasteiger partial charge in [-0.05, 0) is 24.1 Å². The molecule has 0 aliphatic rings. The van der Waals surface area contributed by atoms with Crippen molar-refractivity contribution in [1.29, 1.82) is 0 Å². The zero-order valence-corrected chi connectivity index (χ0v) is 11.7. The summed E-state index contributed by atoms with van der Waals surface area (Å²) in [5, 5.41) is 1.09. The third kappa shape index (κ3) is 1.96. The van der Waals surface area contributed by atoms with E-state index in [9.17, 15) is 0 Å². The molecule has 2 N–H and O–H groups in total. The average molecular weight is 267 g/mol. The minimum atomic E-state index is 0.502. The Morgan fingerprint density at radius 3 is 2.60 bits per heavy atom. The quantitative estimate of drug-likeness (QED) is 0.788. The van der Waals surface area contributed by atoms with Gasteiger partial charge >= 0.3 is 0 Å². The van der Waals surface area contributed by atoms with E-state index < -0.39 is 0 Å². The van der Waals surface area contributed by atoms with Crippen LogP contribution in [0.2, 0.25) is 0 Å². The zero-order chi connectivity index (χ0) is 14.1. The molecule has 102 valence electrons. The van der Waals surface area contributed by atoms with Gasteiger partial charge in [0.05, 0.1) is 5.69 Å². The summed E-state index contributed by atoms with van der Waals surface area (Å²) in [7, 11) is 1.99. The van der Waals surface area contributed by atoms with Crippen molar-refractivity contribution in [2.24, 2.45) is 12.8 Å². The molecule has 5 heteroatoms. The van der Waals surface area contributed by atoms with Crippen LogP contribution in [0.25, 0.3) is 22.4 Å². The van der Waals surface area contributed by atoms with E-state index in [0.29, 0.717) is 6.54 Å². The molecule has 0 saturated heterocycles. The third-order valence-corrected chi connectivity index (χ3v) is 3.46. The van der Waals surface area contributed by atoms with Gasteiger partial charge in [-0.25, -0.2) is 9.97 Å². The maximum atomic E-state index is 5.82. The number of hydrogen-bond donors (Lipinski definition) is 1. The standard InChI is InChI=1S/C15H17N5/c1-3-12-13-11(8-16)9-20(2)15(13)19-14(18-12)10-4-6-17-7-5-10/h4-7,9H,3,8,16H2,1-2H3. The molecular formula is C15H17N5. The van der Waals surface area contributed by atoms with Crippen molar-refractivity contribution in [3.8, 4) is 11.4 Å². The van der Waals surface area contributed by atoms with Gasteiger partial charge in [0.1, 0.15) is 5.65 Å². The molecule has 20 heavy (non-hydrogen) atoms. The van der Waals surface area contributed by atoms with Gasteiger partial charge in [0.15, 0.2) is 5.82 Å². The predicted octanol–water partition coefficient (Wildman–Crippen LogP) is 2.05. The van der Waals surface area contributed by atoms with Crippen LogP contribution >= 0.6 is 0 Å². The molecule has 0 unspecified atom stereocenters. The maximum absolute atomic E-state index is 5.82. The highest BCUT2D eigenvalue weighted by Gasteiger charge is 2.14. The van der Waals surface area contributed by atoms with Crippen molar-refractivity contribution < 1.29 is 0 Å². The summed E-state index contributed by atoms with van der Waals surface area (Å²) in [6.07, 6.45) is 6.40. The molecule has 0 amide bonds.